The monoisotopic (exact) mass is 342 g/mol. The molecule has 7 heteroatoms. The molecule has 0 radical (unpaired) electrons. The molecule has 0 N–H and O–H groups in total. The smallest absolute Gasteiger partial charge is 0.226 e. The van der Waals surface area contributed by atoms with Gasteiger partial charge >= 0.3 is 0 Å². The lowest BCUT2D eigenvalue weighted by molar-refractivity contribution is 0.573. The molecule has 4 aromatic rings. The van der Waals surface area contributed by atoms with Crippen molar-refractivity contribution in [2.24, 2.45) is 0 Å². The molecular weight excluding hydrogens is 332 g/mol. The van der Waals surface area contributed by atoms with Crippen LogP contribution in [0, 0.1) is 0 Å². The van der Waals surface area contributed by atoms with Crippen molar-refractivity contribution < 1.29 is 4.42 Å². The highest BCUT2D eigenvalue weighted by atomic mass is 35.5. The molecule has 114 valence electrons. The zero-order chi connectivity index (χ0) is 15.6. The molecular formula is C16H11ClN4OS. The highest BCUT2D eigenvalue weighted by Gasteiger charge is 2.10. The summed E-state index contributed by atoms with van der Waals surface area (Å²) in [5.74, 6) is 1.25. The standard InChI is InChI=1S/C16H11ClN4OS/c17-12-6-4-11(5-7-12)15-18-13(9-22-15)10-23-16-20-19-14-3-1-2-8-21(14)16/h1-9H,10H2. The fourth-order valence-electron chi connectivity index (χ4n) is 2.15. The van der Waals surface area contributed by atoms with E-state index >= 15 is 0 Å². The van der Waals surface area contributed by atoms with E-state index in [0.29, 0.717) is 16.7 Å². The Labute approximate surface area is 141 Å². The lowest BCUT2D eigenvalue weighted by atomic mass is 10.2. The van der Waals surface area contributed by atoms with Gasteiger partial charge in [0.25, 0.3) is 0 Å². The van der Waals surface area contributed by atoms with Crippen LogP contribution >= 0.6 is 23.4 Å². The average Bonchev–Trinajstić information content (AvgIpc) is 3.20. The van der Waals surface area contributed by atoms with Crippen LogP contribution < -0.4 is 0 Å². The number of hydrogen-bond donors (Lipinski definition) is 0. The number of halogens is 1. The maximum Gasteiger partial charge on any atom is 0.226 e. The highest BCUT2D eigenvalue weighted by Crippen LogP contribution is 2.25. The van der Waals surface area contributed by atoms with Crippen LogP contribution in [0.3, 0.4) is 0 Å². The Hall–Kier alpha value is -2.31. The van der Waals surface area contributed by atoms with E-state index in [2.05, 4.69) is 15.2 Å². The molecule has 0 fully saturated rings. The van der Waals surface area contributed by atoms with Gasteiger partial charge in [0.1, 0.15) is 6.26 Å². The summed E-state index contributed by atoms with van der Waals surface area (Å²) in [7, 11) is 0. The van der Waals surface area contributed by atoms with Crippen molar-refractivity contribution in [1.29, 1.82) is 0 Å². The number of nitrogens with zero attached hydrogens (tertiary/aromatic N) is 4. The summed E-state index contributed by atoms with van der Waals surface area (Å²) in [6, 6.07) is 13.2. The molecule has 0 aliphatic carbocycles. The number of fused-ring (bicyclic) bond motifs is 1. The van der Waals surface area contributed by atoms with Crippen LogP contribution in [-0.4, -0.2) is 19.6 Å². The van der Waals surface area contributed by atoms with Crippen molar-refractivity contribution in [1.82, 2.24) is 19.6 Å². The number of pyridine rings is 1. The van der Waals surface area contributed by atoms with Crippen LogP contribution in [0.4, 0.5) is 0 Å². The zero-order valence-electron chi connectivity index (χ0n) is 11.9. The van der Waals surface area contributed by atoms with Crippen molar-refractivity contribution in [3.63, 3.8) is 0 Å². The van der Waals surface area contributed by atoms with Crippen molar-refractivity contribution in [2.45, 2.75) is 10.9 Å². The van der Waals surface area contributed by atoms with Gasteiger partial charge in [0.05, 0.1) is 5.69 Å². The van der Waals surface area contributed by atoms with E-state index in [0.717, 1.165) is 22.1 Å². The summed E-state index contributed by atoms with van der Waals surface area (Å²) in [4.78, 5) is 4.50. The minimum atomic E-state index is 0.586. The van der Waals surface area contributed by atoms with Crippen LogP contribution in [0.1, 0.15) is 5.69 Å². The van der Waals surface area contributed by atoms with Gasteiger partial charge in [-0.05, 0) is 36.4 Å². The third kappa shape index (κ3) is 2.95. The Balaban J connectivity index is 1.51. The Morgan fingerprint density at radius 1 is 1.09 bits per heavy atom. The first-order chi connectivity index (χ1) is 11.3. The normalized spacial score (nSPS) is 11.2. The van der Waals surface area contributed by atoms with Crippen LogP contribution in [0.25, 0.3) is 17.1 Å². The van der Waals surface area contributed by atoms with E-state index in [1.54, 1.807) is 18.0 Å². The average molecular weight is 343 g/mol. The largest absolute Gasteiger partial charge is 0.444 e. The molecule has 0 aliphatic heterocycles. The first kappa shape index (κ1) is 14.3. The predicted octanol–water partition coefficient (Wildman–Crippen LogP) is 4.33. The second-order valence-corrected chi connectivity index (χ2v) is 6.23. The van der Waals surface area contributed by atoms with E-state index in [1.807, 2.05) is 53.1 Å². The summed E-state index contributed by atoms with van der Waals surface area (Å²) in [6.07, 6.45) is 3.61. The number of rotatable bonds is 4. The molecule has 0 amide bonds. The summed E-state index contributed by atoms with van der Waals surface area (Å²) in [6.45, 7) is 0. The Morgan fingerprint density at radius 3 is 2.83 bits per heavy atom. The van der Waals surface area contributed by atoms with Crippen molar-refractivity contribution in [3.8, 4) is 11.5 Å². The fraction of sp³-hybridized carbons (Fsp3) is 0.0625. The molecule has 0 spiro atoms. The van der Waals surface area contributed by atoms with Crippen LogP contribution in [-0.2, 0) is 5.75 Å². The summed E-state index contributed by atoms with van der Waals surface area (Å²) in [5.41, 5.74) is 2.59. The third-order valence-electron chi connectivity index (χ3n) is 3.27. The lowest BCUT2D eigenvalue weighted by Gasteiger charge is -1.97. The second-order valence-electron chi connectivity index (χ2n) is 4.85. The molecule has 3 heterocycles. The molecule has 0 saturated carbocycles. The lowest BCUT2D eigenvalue weighted by Crippen LogP contribution is -1.88. The van der Waals surface area contributed by atoms with Crippen LogP contribution in [0.5, 0.6) is 0 Å². The second kappa shape index (κ2) is 6.06. The Morgan fingerprint density at radius 2 is 1.96 bits per heavy atom. The van der Waals surface area contributed by atoms with Gasteiger partial charge in [-0.3, -0.25) is 4.40 Å². The van der Waals surface area contributed by atoms with Gasteiger partial charge in [0.15, 0.2) is 10.8 Å². The van der Waals surface area contributed by atoms with E-state index in [1.165, 1.54) is 0 Å². The highest BCUT2D eigenvalue weighted by molar-refractivity contribution is 7.98. The number of aromatic nitrogens is 4. The summed E-state index contributed by atoms with van der Waals surface area (Å²) < 4.78 is 7.49. The molecule has 0 saturated heterocycles. The molecule has 1 aromatic carbocycles. The van der Waals surface area contributed by atoms with Crippen molar-refractivity contribution in [2.75, 3.05) is 0 Å². The topological polar surface area (TPSA) is 56.2 Å². The number of hydrogen-bond acceptors (Lipinski definition) is 5. The molecule has 3 aromatic heterocycles. The zero-order valence-corrected chi connectivity index (χ0v) is 13.5. The molecule has 4 rings (SSSR count). The first-order valence-corrected chi connectivity index (χ1v) is 8.29. The first-order valence-electron chi connectivity index (χ1n) is 6.92. The minimum absolute atomic E-state index is 0.586. The van der Waals surface area contributed by atoms with E-state index < -0.39 is 0 Å². The van der Waals surface area contributed by atoms with Gasteiger partial charge in [-0.15, -0.1) is 10.2 Å². The number of oxazole rings is 1. The van der Waals surface area contributed by atoms with Gasteiger partial charge in [-0.1, -0.05) is 29.4 Å². The molecule has 0 unspecified atom stereocenters. The van der Waals surface area contributed by atoms with Gasteiger partial charge in [0.2, 0.25) is 5.89 Å². The molecule has 5 nitrogen and oxygen atoms in total. The Bertz CT molecular complexity index is 948. The van der Waals surface area contributed by atoms with Crippen molar-refractivity contribution >= 4 is 29.0 Å². The molecule has 0 aliphatic rings. The molecule has 23 heavy (non-hydrogen) atoms. The predicted molar refractivity (Wildman–Crippen MR) is 89.5 cm³/mol. The molecule has 0 bridgehead atoms. The van der Waals surface area contributed by atoms with Gasteiger partial charge in [0, 0.05) is 22.5 Å². The number of thioether (sulfide) groups is 1. The SMILES string of the molecule is Clc1ccc(-c2nc(CSc3nnc4ccccn34)co2)cc1. The minimum Gasteiger partial charge on any atom is -0.444 e. The fourth-order valence-corrected chi connectivity index (χ4v) is 3.08. The van der Waals surface area contributed by atoms with E-state index in [-0.39, 0.29) is 0 Å². The molecule has 0 atom stereocenters. The third-order valence-corrected chi connectivity index (χ3v) is 4.50. The van der Waals surface area contributed by atoms with E-state index in [9.17, 15) is 0 Å². The van der Waals surface area contributed by atoms with Gasteiger partial charge in [-0.2, -0.15) is 0 Å². The van der Waals surface area contributed by atoms with Crippen LogP contribution in [0.15, 0.2) is 64.5 Å². The maximum absolute atomic E-state index is 5.89. The summed E-state index contributed by atoms with van der Waals surface area (Å²) >= 11 is 7.46. The van der Waals surface area contributed by atoms with Gasteiger partial charge in [-0.25, -0.2) is 4.98 Å². The van der Waals surface area contributed by atoms with Crippen molar-refractivity contribution in [3.05, 3.63) is 65.6 Å². The summed E-state index contributed by atoms with van der Waals surface area (Å²) in [5, 5.41) is 9.84. The van der Waals surface area contributed by atoms with Crippen LogP contribution in [0.2, 0.25) is 5.02 Å². The van der Waals surface area contributed by atoms with Gasteiger partial charge < -0.3 is 4.42 Å². The Kier molecular flexibility index (Phi) is 3.77. The maximum atomic E-state index is 5.89. The quantitative estimate of drug-likeness (QED) is 0.517. The van der Waals surface area contributed by atoms with E-state index in [4.69, 9.17) is 16.0 Å². The number of benzene rings is 1.